The fourth-order valence-electron chi connectivity index (χ4n) is 11.0. The van der Waals surface area contributed by atoms with E-state index in [0.717, 1.165) is 22.5 Å². The molecule has 2 N–H and O–H groups in total. The maximum absolute atomic E-state index is 14.5. The number of piperidine rings is 1. The molecule has 13 atom stereocenters. The molecular formula is C55H81NO12. The van der Waals surface area contributed by atoms with Gasteiger partial charge in [-0.3, -0.25) is 14.4 Å². The second kappa shape index (κ2) is 25.2. The van der Waals surface area contributed by atoms with Gasteiger partial charge in [0.2, 0.25) is 5.79 Å². The van der Waals surface area contributed by atoms with Crippen molar-refractivity contribution in [1.82, 2.24) is 4.90 Å². The Hall–Kier alpha value is -3.98. The number of Topliss-reactive ketones (excluding diaryl/α,β-unsaturated/α-hetero) is 2. The Morgan fingerprint density at radius 2 is 1.66 bits per heavy atom. The van der Waals surface area contributed by atoms with Crippen LogP contribution < -0.4 is 4.74 Å². The van der Waals surface area contributed by atoms with Crippen LogP contribution in [0.3, 0.4) is 0 Å². The maximum atomic E-state index is 14.5. The van der Waals surface area contributed by atoms with E-state index >= 15 is 0 Å². The van der Waals surface area contributed by atoms with Crippen LogP contribution in [-0.4, -0.2) is 121 Å². The highest BCUT2D eigenvalue weighted by Crippen LogP contribution is 2.41. The first-order valence-electron chi connectivity index (χ1n) is 25.0. The molecule has 0 aromatic heterocycles. The smallest absolute Gasteiger partial charge is 0.329 e. The minimum absolute atomic E-state index is 0.00217. The Balaban J connectivity index is 1.42. The third kappa shape index (κ3) is 13.7. The monoisotopic (exact) mass is 948 g/mol. The lowest BCUT2D eigenvalue weighted by molar-refractivity contribution is -0.302. The second-order valence-electron chi connectivity index (χ2n) is 20.3. The van der Waals surface area contributed by atoms with Crippen molar-refractivity contribution in [2.45, 2.75) is 173 Å². The molecular weight excluding hydrogens is 867 g/mol. The number of benzene rings is 1. The largest absolute Gasteiger partial charge is 0.497 e. The molecule has 1 amide bonds. The Bertz CT molecular complexity index is 1990. The van der Waals surface area contributed by atoms with Gasteiger partial charge in [-0.2, -0.15) is 0 Å². The fraction of sp³-hybridized carbons (Fsp3) is 0.673. The van der Waals surface area contributed by atoms with Crippen molar-refractivity contribution in [3.8, 4) is 5.75 Å². The molecule has 1 aromatic rings. The molecule has 1 aromatic carbocycles. The van der Waals surface area contributed by atoms with Crippen molar-refractivity contribution in [2.75, 3.05) is 35.0 Å². The van der Waals surface area contributed by atoms with Gasteiger partial charge in [-0.1, -0.05) is 81.9 Å². The topological polar surface area (TPSA) is 167 Å². The molecule has 13 nitrogen and oxygen atoms in total. The minimum Gasteiger partial charge on any atom is -0.497 e. The summed E-state index contributed by atoms with van der Waals surface area (Å²) in [7, 11) is 6.36. The summed E-state index contributed by atoms with van der Waals surface area (Å²) in [6, 6.07) is 6.70. The number of aliphatic hydroxyl groups is 2. The van der Waals surface area contributed by atoms with E-state index in [1.165, 1.54) is 4.90 Å². The van der Waals surface area contributed by atoms with Gasteiger partial charge >= 0.3 is 5.97 Å². The van der Waals surface area contributed by atoms with Crippen molar-refractivity contribution in [3.63, 3.8) is 0 Å². The van der Waals surface area contributed by atoms with E-state index in [-0.39, 0.29) is 55.3 Å². The number of allylic oxidation sites excluding steroid dienone is 5. The average molecular weight is 948 g/mol. The van der Waals surface area contributed by atoms with Gasteiger partial charge in [-0.15, -0.1) is 0 Å². The van der Waals surface area contributed by atoms with Crippen LogP contribution >= 0.6 is 0 Å². The number of ketones is 2. The standard InChI is InChI=1S/C55H81NO12/c1-11-42-29-35(2)28-36(3)30-46(64-8)50-47(65-9)32-39(6)55(62,68-50)51(58)52(59)56-27-16-14-21-44(56)53(60)67-49(37(4)22-23-45(42)57)38(5)31-41-24-26-54(61,48(34-41)66-10)25-15-12-13-18-40-19-17-20-43(33-40)63-7/h12-13,15,17-20,29,31,33,36-37,39,41-42,44,46-50,61-62H,11,14,16,21-28,30,32,34H2,1-10H3/b15-12?,18-13?,35-29+,38-31?. The average Bonchev–Trinajstić information content (AvgIpc) is 3.33. The van der Waals surface area contributed by atoms with Crippen LogP contribution in [0.5, 0.6) is 5.75 Å². The number of carbonyl (C=O) groups excluding carboxylic acids is 4. The predicted molar refractivity (Wildman–Crippen MR) is 261 cm³/mol. The SMILES string of the molecule is CCC1/C=C(\C)CC(C)CC(OC)C2OC(O)(C(=O)C(=O)N3CCCCC3C(=O)OC(C(C)=CC3CCC(O)(CC=CC=Cc4cccc(OC)c4)C(OC)C3)C(C)CCC1=O)C(C)CC2OC. The van der Waals surface area contributed by atoms with Crippen LogP contribution in [-0.2, 0) is 42.9 Å². The van der Waals surface area contributed by atoms with Gasteiger partial charge in [0.15, 0.2) is 0 Å². The number of rotatable bonds is 11. The highest BCUT2D eigenvalue weighted by Gasteiger charge is 2.56. The van der Waals surface area contributed by atoms with Crippen molar-refractivity contribution in [3.05, 3.63) is 71.4 Å². The second-order valence-corrected chi connectivity index (χ2v) is 20.3. The van der Waals surface area contributed by atoms with Crippen LogP contribution in [0.15, 0.2) is 65.8 Å². The molecule has 13 heteroatoms. The molecule has 3 fully saturated rings. The first kappa shape index (κ1) is 55.0. The van der Waals surface area contributed by atoms with Crippen LogP contribution in [0.1, 0.15) is 131 Å². The Morgan fingerprint density at radius 1 is 0.926 bits per heavy atom. The first-order chi connectivity index (χ1) is 32.4. The van der Waals surface area contributed by atoms with Crippen molar-refractivity contribution in [1.29, 1.82) is 0 Å². The van der Waals surface area contributed by atoms with Gasteiger partial charge in [-0.25, -0.2) is 4.79 Å². The number of methoxy groups -OCH3 is 4. The lowest BCUT2D eigenvalue weighted by atomic mass is 9.74. The van der Waals surface area contributed by atoms with Gasteiger partial charge in [0.1, 0.15) is 29.8 Å². The van der Waals surface area contributed by atoms with Crippen LogP contribution in [0.2, 0.25) is 0 Å². The van der Waals surface area contributed by atoms with E-state index in [4.69, 9.17) is 28.4 Å². The van der Waals surface area contributed by atoms with Gasteiger partial charge in [0, 0.05) is 46.1 Å². The quantitative estimate of drug-likeness (QED) is 0.0941. The summed E-state index contributed by atoms with van der Waals surface area (Å²) in [6.07, 6.45) is 15.2. The van der Waals surface area contributed by atoms with Crippen molar-refractivity contribution >= 4 is 29.5 Å². The molecule has 3 aliphatic heterocycles. The molecule has 0 spiro atoms. The van der Waals surface area contributed by atoms with Crippen LogP contribution in [0.4, 0.5) is 0 Å². The molecule has 13 unspecified atom stereocenters. The molecule has 1 aliphatic carbocycles. The Kier molecular flexibility index (Phi) is 20.4. The number of fused-ring (bicyclic) bond motifs is 3. The zero-order valence-corrected chi connectivity index (χ0v) is 42.4. The highest BCUT2D eigenvalue weighted by molar-refractivity contribution is 6.39. The van der Waals surface area contributed by atoms with Crippen LogP contribution in [0, 0.1) is 29.6 Å². The number of esters is 1. The summed E-state index contributed by atoms with van der Waals surface area (Å²) in [5.74, 6) is -5.67. The third-order valence-corrected chi connectivity index (χ3v) is 15.1. The molecule has 4 aliphatic rings. The van der Waals surface area contributed by atoms with Crippen molar-refractivity contribution < 1.29 is 57.8 Å². The number of amides is 1. The zero-order valence-electron chi connectivity index (χ0n) is 42.4. The lowest BCUT2D eigenvalue weighted by Gasteiger charge is -2.47. The molecule has 5 rings (SSSR count). The number of ether oxygens (including phenoxy) is 6. The molecule has 3 heterocycles. The molecule has 2 bridgehead atoms. The van der Waals surface area contributed by atoms with E-state index in [9.17, 15) is 29.4 Å². The zero-order chi connectivity index (χ0) is 49.8. The number of nitrogens with zero attached hydrogens (tertiary/aromatic N) is 1. The summed E-state index contributed by atoms with van der Waals surface area (Å²) in [4.78, 5) is 58.5. The van der Waals surface area contributed by atoms with E-state index in [2.05, 4.69) is 19.1 Å². The van der Waals surface area contributed by atoms with Crippen LogP contribution in [0.25, 0.3) is 6.08 Å². The number of cyclic esters (lactones) is 1. The fourth-order valence-corrected chi connectivity index (χ4v) is 11.0. The predicted octanol–water partition coefficient (Wildman–Crippen LogP) is 8.54. The molecule has 68 heavy (non-hydrogen) atoms. The third-order valence-electron chi connectivity index (χ3n) is 15.1. The summed E-state index contributed by atoms with van der Waals surface area (Å²) < 4.78 is 35.8. The van der Waals surface area contributed by atoms with E-state index in [0.29, 0.717) is 64.2 Å². The first-order valence-corrected chi connectivity index (χ1v) is 25.0. The van der Waals surface area contributed by atoms with Gasteiger partial charge in [0.25, 0.3) is 11.7 Å². The molecule has 2 saturated heterocycles. The molecule has 378 valence electrons. The van der Waals surface area contributed by atoms with Crippen molar-refractivity contribution in [2.24, 2.45) is 29.6 Å². The minimum atomic E-state index is -2.49. The van der Waals surface area contributed by atoms with Gasteiger partial charge in [-0.05, 0) is 132 Å². The summed E-state index contributed by atoms with van der Waals surface area (Å²) in [5, 5.41) is 24.0. The van der Waals surface area contributed by atoms with Gasteiger partial charge < -0.3 is 43.5 Å². The summed E-state index contributed by atoms with van der Waals surface area (Å²) in [5.41, 5.74) is 1.79. The number of hydrogen-bond acceptors (Lipinski definition) is 12. The normalized spacial score (nSPS) is 36.5. The summed E-state index contributed by atoms with van der Waals surface area (Å²) in [6.45, 7) is 11.8. The molecule has 1 saturated carbocycles. The van der Waals surface area contributed by atoms with E-state index < -0.39 is 71.5 Å². The Morgan fingerprint density at radius 3 is 2.35 bits per heavy atom. The highest BCUT2D eigenvalue weighted by atomic mass is 16.7. The summed E-state index contributed by atoms with van der Waals surface area (Å²) >= 11 is 0. The Labute approximate surface area is 405 Å². The number of carbonyl (C=O) groups is 4. The maximum Gasteiger partial charge on any atom is 0.329 e. The number of hydrogen-bond donors (Lipinski definition) is 2. The van der Waals surface area contributed by atoms with Gasteiger partial charge in [0.05, 0.1) is 31.0 Å². The van der Waals surface area contributed by atoms with E-state index in [1.54, 1.807) is 35.4 Å². The molecule has 0 radical (unpaired) electrons. The lowest BCUT2D eigenvalue weighted by Crippen LogP contribution is -2.64. The van der Waals surface area contributed by atoms with E-state index in [1.807, 2.05) is 76.3 Å².